The van der Waals surface area contributed by atoms with Crippen molar-refractivity contribution in [2.75, 3.05) is 0 Å². The molecule has 0 saturated heterocycles. The third-order valence-corrected chi connectivity index (χ3v) is 1.65. The van der Waals surface area contributed by atoms with E-state index in [2.05, 4.69) is 0 Å². The average Bonchev–Trinajstić information content (AvgIpc) is 2.04. The predicted molar refractivity (Wildman–Crippen MR) is 50.0 cm³/mol. The first-order valence-corrected chi connectivity index (χ1v) is 3.91. The Morgan fingerprint density at radius 2 is 1.67 bits per heavy atom. The topological polar surface area (TPSA) is 54.4 Å². The Morgan fingerprint density at radius 1 is 1.20 bits per heavy atom. The number of benzene rings is 1. The average molecular weight is 226 g/mol. The van der Waals surface area contributed by atoms with Crippen LogP contribution in [0.5, 0.6) is 0 Å². The van der Waals surface area contributed by atoms with Crippen molar-refractivity contribution in [2.24, 2.45) is 0 Å². The van der Waals surface area contributed by atoms with Gasteiger partial charge in [-0.3, -0.25) is 4.79 Å². The summed E-state index contributed by atoms with van der Waals surface area (Å²) in [6.45, 7) is 1.51. The first kappa shape index (κ1) is 17.7. The minimum absolute atomic E-state index is 0. The van der Waals surface area contributed by atoms with E-state index >= 15 is 0 Å². The summed E-state index contributed by atoms with van der Waals surface area (Å²) in [5.41, 5.74) is 1.09. The number of carboxylic acid groups (broad SMARTS) is 1. The summed E-state index contributed by atoms with van der Waals surface area (Å²) in [5, 5.41) is 8.59. The first-order chi connectivity index (χ1) is 6.09. The van der Waals surface area contributed by atoms with Crippen molar-refractivity contribution >= 4 is 11.8 Å². The zero-order valence-electron chi connectivity index (χ0n) is 11.3. The molecule has 15 heavy (non-hydrogen) atoms. The van der Waals surface area contributed by atoms with Gasteiger partial charge in [0.2, 0.25) is 0 Å². The van der Waals surface area contributed by atoms with Gasteiger partial charge < -0.3 is 7.96 Å². The van der Waals surface area contributed by atoms with E-state index in [4.69, 9.17) is 5.11 Å². The fourth-order valence-corrected chi connectivity index (χ4v) is 1.05. The van der Waals surface area contributed by atoms with E-state index in [-0.39, 0.29) is 73.3 Å². The summed E-state index contributed by atoms with van der Waals surface area (Å²) in [5.74, 6) is -0.877. The van der Waals surface area contributed by atoms with Crippen LogP contribution in [0.15, 0.2) is 24.3 Å². The molecule has 0 aliphatic heterocycles. The Labute approximate surface area is 136 Å². The van der Waals surface area contributed by atoms with Crippen molar-refractivity contribution in [2.45, 2.75) is 13.3 Å². The molecular formula is C10H12Na2O3. The molecule has 0 aromatic heterocycles. The van der Waals surface area contributed by atoms with E-state index < -0.39 is 5.97 Å². The van der Waals surface area contributed by atoms with Gasteiger partial charge in [-0.15, -0.1) is 0 Å². The number of aromatic carboxylic acids is 1. The van der Waals surface area contributed by atoms with Gasteiger partial charge in [-0.05, 0) is 24.6 Å². The van der Waals surface area contributed by atoms with Crippen LogP contribution in [0.3, 0.4) is 0 Å². The molecule has 1 rings (SSSR count). The quantitative estimate of drug-likeness (QED) is 0.531. The molecule has 0 unspecified atom stereocenters. The molecule has 0 atom stereocenters. The minimum atomic E-state index is -0.950. The summed E-state index contributed by atoms with van der Waals surface area (Å²) in [7, 11) is 0. The number of hydrogen-bond acceptors (Lipinski definition) is 2. The molecule has 0 saturated carbocycles. The molecule has 0 amide bonds. The summed E-state index contributed by atoms with van der Waals surface area (Å²) in [4.78, 5) is 21.2. The number of hydrogen-bond donors (Lipinski definition) is 1. The van der Waals surface area contributed by atoms with Gasteiger partial charge in [-0.1, -0.05) is 12.1 Å². The van der Waals surface area contributed by atoms with Crippen molar-refractivity contribution in [3.63, 3.8) is 0 Å². The van der Waals surface area contributed by atoms with Crippen LogP contribution in [0, 0.1) is 0 Å². The third kappa shape index (κ3) is 6.51. The predicted octanol–water partition coefficient (Wildman–Crippen LogP) is -4.25. The second-order valence-corrected chi connectivity index (χ2v) is 2.88. The Morgan fingerprint density at radius 3 is 2.00 bits per heavy atom. The standard InChI is InChI=1S/C10H10O3.2Na.2H/c1-7(11)6-8-2-4-9(5-3-8)10(12)13;;;;/h2-5H,6H2,1H3,(H,12,13);;;;/q;2*+1;2*-1. The van der Waals surface area contributed by atoms with E-state index in [0.29, 0.717) is 6.42 Å². The molecule has 1 aromatic carbocycles. The van der Waals surface area contributed by atoms with Crippen LogP contribution >= 0.6 is 0 Å². The maximum atomic E-state index is 10.7. The van der Waals surface area contributed by atoms with Gasteiger partial charge in [0.05, 0.1) is 5.56 Å². The second kappa shape index (κ2) is 8.50. The monoisotopic (exact) mass is 226 g/mol. The number of carbonyl (C=O) groups is 2. The number of carboxylic acids is 1. The fraction of sp³-hybridized carbons (Fsp3) is 0.200. The molecule has 72 valence electrons. The normalized spacial score (nSPS) is 8.33. The Hall–Kier alpha value is 0.360. The van der Waals surface area contributed by atoms with Gasteiger partial charge in [0, 0.05) is 6.42 Å². The summed E-state index contributed by atoms with van der Waals surface area (Å²) in [6.07, 6.45) is 0.361. The van der Waals surface area contributed by atoms with Crippen LogP contribution in [-0.2, 0) is 11.2 Å². The summed E-state index contributed by atoms with van der Waals surface area (Å²) in [6, 6.07) is 6.32. The van der Waals surface area contributed by atoms with Crippen molar-refractivity contribution < 1.29 is 76.7 Å². The van der Waals surface area contributed by atoms with E-state index in [9.17, 15) is 9.59 Å². The molecule has 0 bridgehead atoms. The first-order valence-electron chi connectivity index (χ1n) is 3.91. The van der Waals surface area contributed by atoms with E-state index in [1.807, 2.05) is 0 Å². The van der Waals surface area contributed by atoms with Gasteiger partial charge in [0.15, 0.2) is 0 Å². The van der Waals surface area contributed by atoms with Crippen molar-refractivity contribution in [3.05, 3.63) is 35.4 Å². The Bertz CT molecular complexity index is 342. The second-order valence-electron chi connectivity index (χ2n) is 2.88. The molecule has 0 fully saturated rings. The molecule has 0 aliphatic carbocycles. The van der Waals surface area contributed by atoms with Crippen LogP contribution in [-0.4, -0.2) is 16.9 Å². The molecule has 1 aromatic rings. The molecule has 3 nitrogen and oxygen atoms in total. The van der Waals surface area contributed by atoms with Crippen molar-refractivity contribution in [1.29, 1.82) is 0 Å². The molecule has 0 heterocycles. The maximum absolute atomic E-state index is 10.7. The molecular weight excluding hydrogens is 214 g/mol. The van der Waals surface area contributed by atoms with Crippen molar-refractivity contribution in [3.8, 4) is 0 Å². The molecule has 0 spiro atoms. The number of rotatable bonds is 3. The van der Waals surface area contributed by atoms with Gasteiger partial charge in [0.1, 0.15) is 5.78 Å². The zero-order chi connectivity index (χ0) is 9.84. The molecule has 0 aliphatic rings. The molecule has 1 N–H and O–H groups in total. The van der Waals surface area contributed by atoms with Crippen LogP contribution < -0.4 is 59.1 Å². The SMILES string of the molecule is CC(=O)Cc1ccc(C(=O)O)cc1.[H-].[H-].[Na+].[Na+]. The molecule has 5 heteroatoms. The van der Waals surface area contributed by atoms with Gasteiger partial charge in [-0.25, -0.2) is 4.79 Å². The maximum Gasteiger partial charge on any atom is 1.00 e. The van der Waals surface area contributed by atoms with Gasteiger partial charge >= 0.3 is 65.1 Å². The van der Waals surface area contributed by atoms with Crippen molar-refractivity contribution in [1.82, 2.24) is 0 Å². The van der Waals surface area contributed by atoms with E-state index in [1.165, 1.54) is 19.1 Å². The van der Waals surface area contributed by atoms with Crippen LogP contribution in [0.4, 0.5) is 0 Å². The number of Topliss-reactive ketones (excluding diaryl/α,β-unsaturated/α-hetero) is 1. The van der Waals surface area contributed by atoms with Gasteiger partial charge in [-0.2, -0.15) is 0 Å². The smallest absolute Gasteiger partial charge is 1.00 e. The fourth-order valence-electron chi connectivity index (χ4n) is 1.05. The van der Waals surface area contributed by atoms with Crippen LogP contribution in [0.25, 0.3) is 0 Å². The zero-order valence-corrected chi connectivity index (χ0v) is 13.3. The number of carbonyl (C=O) groups excluding carboxylic acids is 1. The summed E-state index contributed by atoms with van der Waals surface area (Å²) < 4.78 is 0. The van der Waals surface area contributed by atoms with Gasteiger partial charge in [0.25, 0.3) is 0 Å². The third-order valence-electron chi connectivity index (χ3n) is 1.65. The summed E-state index contributed by atoms with van der Waals surface area (Å²) >= 11 is 0. The largest absolute Gasteiger partial charge is 1.00 e. The minimum Gasteiger partial charge on any atom is -1.00 e. The molecule has 0 radical (unpaired) electrons. The van der Waals surface area contributed by atoms with E-state index in [0.717, 1.165) is 5.56 Å². The van der Waals surface area contributed by atoms with E-state index in [1.54, 1.807) is 12.1 Å². The number of ketones is 1. The Balaban J connectivity index is -0.000000211. The van der Waals surface area contributed by atoms with Crippen LogP contribution in [0.2, 0.25) is 0 Å². The van der Waals surface area contributed by atoms with Crippen LogP contribution in [0.1, 0.15) is 25.7 Å². The Kier molecular flexibility index (Phi) is 10.1.